The number of rotatable bonds is 7. The summed E-state index contributed by atoms with van der Waals surface area (Å²) in [6.07, 6.45) is 1.86. The number of hydrogen-bond acceptors (Lipinski definition) is 4. The number of nitrogens with one attached hydrogen (secondary N) is 2. The molecule has 8 heteroatoms. The summed E-state index contributed by atoms with van der Waals surface area (Å²) in [7, 11) is -3.69. The molecule has 7 nitrogen and oxygen atoms in total. The average Bonchev–Trinajstić information content (AvgIpc) is 3.20. The van der Waals surface area contributed by atoms with E-state index < -0.39 is 16.0 Å². The molecule has 114 valence electrons. The summed E-state index contributed by atoms with van der Waals surface area (Å²) >= 11 is 0. The Labute approximate surface area is 122 Å². The predicted molar refractivity (Wildman–Crippen MR) is 75.2 cm³/mol. The zero-order chi connectivity index (χ0) is 15.5. The molecule has 3 N–H and O–H groups in total. The van der Waals surface area contributed by atoms with Crippen LogP contribution in [-0.4, -0.2) is 38.0 Å². The summed E-state index contributed by atoms with van der Waals surface area (Å²) in [6, 6.07) is 5.86. The minimum atomic E-state index is -3.69. The number of amides is 1. The standard InChI is InChI=1S/C13H16N2O5S/c16-12(15-11-4-5-11)7-14-21(19,20)8-9-2-1-3-10(6-9)13(17)18/h1-3,6,11,14H,4-5,7-8H2,(H,15,16)(H,17,18). The lowest BCUT2D eigenvalue weighted by Gasteiger charge is -2.07. The first-order chi connectivity index (χ1) is 9.85. The Hall–Kier alpha value is -1.93. The molecule has 0 unspecified atom stereocenters. The quantitative estimate of drug-likeness (QED) is 0.660. The molecule has 0 radical (unpaired) electrons. The van der Waals surface area contributed by atoms with Gasteiger partial charge in [0.15, 0.2) is 0 Å². The zero-order valence-electron chi connectivity index (χ0n) is 11.2. The first-order valence-corrected chi connectivity index (χ1v) is 8.10. The maximum absolute atomic E-state index is 11.8. The van der Waals surface area contributed by atoms with Gasteiger partial charge in [0.25, 0.3) is 0 Å². The van der Waals surface area contributed by atoms with Crippen molar-refractivity contribution in [2.75, 3.05) is 6.54 Å². The van der Waals surface area contributed by atoms with Gasteiger partial charge >= 0.3 is 5.97 Å². The Kier molecular flexibility index (Phi) is 4.59. The van der Waals surface area contributed by atoms with Crippen molar-refractivity contribution in [3.8, 4) is 0 Å². The van der Waals surface area contributed by atoms with E-state index in [1.165, 1.54) is 24.3 Å². The van der Waals surface area contributed by atoms with Gasteiger partial charge in [-0.05, 0) is 30.5 Å². The smallest absolute Gasteiger partial charge is 0.335 e. The lowest BCUT2D eigenvalue weighted by Crippen LogP contribution is -2.38. The highest BCUT2D eigenvalue weighted by atomic mass is 32.2. The van der Waals surface area contributed by atoms with Crippen LogP contribution in [0.25, 0.3) is 0 Å². The molecule has 0 aromatic heterocycles. The second kappa shape index (κ2) is 6.23. The van der Waals surface area contributed by atoms with Gasteiger partial charge in [-0.15, -0.1) is 0 Å². The molecule has 21 heavy (non-hydrogen) atoms. The van der Waals surface area contributed by atoms with Crippen LogP contribution in [0.2, 0.25) is 0 Å². The van der Waals surface area contributed by atoms with E-state index in [2.05, 4.69) is 10.0 Å². The van der Waals surface area contributed by atoms with Crippen LogP contribution in [-0.2, 0) is 20.6 Å². The molecule has 1 amide bonds. The van der Waals surface area contributed by atoms with E-state index in [0.717, 1.165) is 12.8 Å². The van der Waals surface area contributed by atoms with Crippen LogP contribution in [0.5, 0.6) is 0 Å². The van der Waals surface area contributed by atoms with Gasteiger partial charge in [-0.3, -0.25) is 4.79 Å². The van der Waals surface area contributed by atoms with Crippen LogP contribution < -0.4 is 10.0 Å². The van der Waals surface area contributed by atoms with E-state index in [-0.39, 0.29) is 29.8 Å². The summed E-state index contributed by atoms with van der Waals surface area (Å²) in [5.74, 6) is -1.85. The average molecular weight is 312 g/mol. The van der Waals surface area contributed by atoms with Crippen molar-refractivity contribution >= 4 is 21.9 Å². The predicted octanol–water partition coefficient (Wildman–Crippen LogP) is 0.0828. The van der Waals surface area contributed by atoms with Crippen molar-refractivity contribution in [3.05, 3.63) is 35.4 Å². The van der Waals surface area contributed by atoms with Gasteiger partial charge < -0.3 is 10.4 Å². The van der Waals surface area contributed by atoms with Gasteiger partial charge in [-0.1, -0.05) is 12.1 Å². The first-order valence-electron chi connectivity index (χ1n) is 6.45. The summed E-state index contributed by atoms with van der Waals surface area (Å²) in [6.45, 7) is -0.308. The van der Waals surface area contributed by atoms with Crippen molar-refractivity contribution < 1.29 is 23.1 Å². The second-order valence-corrected chi connectivity index (χ2v) is 6.73. The van der Waals surface area contributed by atoms with Crippen LogP contribution in [0.3, 0.4) is 0 Å². The van der Waals surface area contributed by atoms with Crippen molar-refractivity contribution in [2.24, 2.45) is 0 Å². The number of carboxylic acids is 1. The minimum absolute atomic E-state index is 0.0224. The topological polar surface area (TPSA) is 113 Å². The van der Waals surface area contributed by atoms with Crippen molar-refractivity contribution in [2.45, 2.75) is 24.6 Å². The molecule has 1 aromatic carbocycles. The Morgan fingerprint density at radius 2 is 2.00 bits per heavy atom. The molecular formula is C13H16N2O5S. The van der Waals surface area contributed by atoms with Crippen LogP contribution >= 0.6 is 0 Å². The summed E-state index contributed by atoms with van der Waals surface area (Å²) < 4.78 is 25.9. The fraction of sp³-hybridized carbons (Fsp3) is 0.385. The third-order valence-electron chi connectivity index (χ3n) is 2.93. The molecule has 0 bridgehead atoms. The lowest BCUT2D eigenvalue weighted by molar-refractivity contribution is -0.120. The van der Waals surface area contributed by atoms with Crippen molar-refractivity contribution in [3.63, 3.8) is 0 Å². The Balaban J connectivity index is 1.91. The molecule has 0 aliphatic heterocycles. The molecule has 2 rings (SSSR count). The zero-order valence-corrected chi connectivity index (χ0v) is 12.0. The summed E-state index contributed by atoms with van der Waals surface area (Å²) in [5.41, 5.74) is 0.374. The van der Waals surface area contributed by atoms with Gasteiger partial charge in [0.05, 0.1) is 17.9 Å². The Bertz CT molecular complexity index is 652. The molecule has 0 saturated heterocycles. The highest BCUT2D eigenvalue weighted by molar-refractivity contribution is 7.88. The maximum Gasteiger partial charge on any atom is 0.335 e. The third kappa shape index (κ3) is 5.16. The molecule has 0 spiro atoms. The lowest BCUT2D eigenvalue weighted by atomic mass is 10.1. The first kappa shape index (κ1) is 15.5. The number of carbonyl (C=O) groups is 2. The van der Waals surface area contributed by atoms with E-state index in [4.69, 9.17) is 5.11 Å². The number of carboxylic acid groups (broad SMARTS) is 1. The monoisotopic (exact) mass is 312 g/mol. The minimum Gasteiger partial charge on any atom is -0.478 e. The Morgan fingerprint density at radius 3 is 2.62 bits per heavy atom. The van der Waals surface area contributed by atoms with Gasteiger partial charge in [0.2, 0.25) is 15.9 Å². The molecule has 1 fully saturated rings. The van der Waals surface area contributed by atoms with Crippen LogP contribution in [0, 0.1) is 0 Å². The Morgan fingerprint density at radius 1 is 1.29 bits per heavy atom. The molecule has 0 heterocycles. The highest BCUT2D eigenvalue weighted by Gasteiger charge is 2.23. The van der Waals surface area contributed by atoms with E-state index >= 15 is 0 Å². The van der Waals surface area contributed by atoms with Gasteiger partial charge in [-0.2, -0.15) is 0 Å². The van der Waals surface area contributed by atoms with E-state index in [1.807, 2.05) is 0 Å². The van der Waals surface area contributed by atoms with Gasteiger partial charge in [0.1, 0.15) is 0 Å². The van der Waals surface area contributed by atoms with Gasteiger partial charge in [0, 0.05) is 6.04 Å². The van der Waals surface area contributed by atoms with Crippen LogP contribution in [0.4, 0.5) is 0 Å². The number of aromatic carboxylic acids is 1. The SMILES string of the molecule is O=C(CNS(=O)(=O)Cc1cccc(C(=O)O)c1)NC1CC1. The van der Waals surface area contributed by atoms with Crippen molar-refractivity contribution in [1.82, 2.24) is 10.0 Å². The number of carbonyl (C=O) groups excluding carboxylic acids is 1. The van der Waals surface area contributed by atoms with Crippen LogP contribution in [0.15, 0.2) is 24.3 Å². The van der Waals surface area contributed by atoms with Crippen molar-refractivity contribution in [1.29, 1.82) is 0 Å². The molecule has 0 atom stereocenters. The normalized spacial score (nSPS) is 14.7. The fourth-order valence-corrected chi connectivity index (χ4v) is 2.82. The van der Waals surface area contributed by atoms with Gasteiger partial charge in [-0.25, -0.2) is 17.9 Å². The molecule has 1 aliphatic carbocycles. The number of benzene rings is 1. The molecular weight excluding hydrogens is 296 g/mol. The van der Waals surface area contributed by atoms with E-state index in [1.54, 1.807) is 0 Å². The number of sulfonamides is 1. The summed E-state index contributed by atoms with van der Waals surface area (Å²) in [4.78, 5) is 22.2. The fourth-order valence-electron chi connectivity index (χ4n) is 1.75. The molecule has 1 saturated carbocycles. The van der Waals surface area contributed by atoms with Crippen LogP contribution in [0.1, 0.15) is 28.8 Å². The van der Waals surface area contributed by atoms with E-state index in [9.17, 15) is 18.0 Å². The second-order valence-electron chi connectivity index (χ2n) is 4.93. The maximum atomic E-state index is 11.8. The number of hydrogen-bond donors (Lipinski definition) is 3. The molecule has 1 aliphatic rings. The van der Waals surface area contributed by atoms with E-state index in [0.29, 0.717) is 5.56 Å². The largest absolute Gasteiger partial charge is 0.478 e. The highest BCUT2D eigenvalue weighted by Crippen LogP contribution is 2.18. The molecule has 1 aromatic rings. The summed E-state index contributed by atoms with van der Waals surface area (Å²) in [5, 5.41) is 11.5. The third-order valence-corrected chi connectivity index (χ3v) is 4.22.